The minimum absolute atomic E-state index is 0.0682. The van der Waals surface area contributed by atoms with Crippen molar-refractivity contribution in [3.8, 4) is 0 Å². The van der Waals surface area contributed by atoms with Gasteiger partial charge in [-0.1, -0.05) is 23.8 Å². The molecule has 0 radical (unpaired) electrons. The molecule has 3 heteroatoms. The molecule has 1 heterocycles. The summed E-state index contributed by atoms with van der Waals surface area (Å²) in [6.07, 6.45) is 0. The molecule has 2 aromatic rings. The van der Waals surface area contributed by atoms with Gasteiger partial charge in [0.2, 0.25) is 5.78 Å². The molecule has 2 rings (SSSR count). The topological polar surface area (TPSA) is 30.0 Å². The number of thiazole rings is 1. The van der Waals surface area contributed by atoms with E-state index in [0.717, 1.165) is 21.7 Å². The first-order chi connectivity index (χ1) is 7.18. The Balaban J connectivity index is 2.41. The number of rotatable bonds is 2. The van der Waals surface area contributed by atoms with Crippen molar-refractivity contribution in [2.24, 2.45) is 0 Å². The van der Waals surface area contributed by atoms with Gasteiger partial charge in [-0.05, 0) is 19.9 Å². The number of hydrogen-bond acceptors (Lipinski definition) is 3. The number of carbonyl (C=O) groups excluding carboxylic acids is 1. The molecule has 15 heavy (non-hydrogen) atoms. The number of ketones is 1. The van der Waals surface area contributed by atoms with Gasteiger partial charge in [0.1, 0.15) is 0 Å². The first-order valence-corrected chi connectivity index (χ1v) is 5.58. The minimum Gasteiger partial charge on any atom is -0.288 e. The van der Waals surface area contributed by atoms with Crippen molar-refractivity contribution in [1.29, 1.82) is 0 Å². The predicted molar refractivity (Wildman–Crippen MR) is 61.5 cm³/mol. The van der Waals surface area contributed by atoms with E-state index in [1.165, 1.54) is 11.3 Å². The Bertz CT molecular complexity index is 502. The van der Waals surface area contributed by atoms with Crippen molar-refractivity contribution in [1.82, 2.24) is 4.98 Å². The monoisotopic (exact) mass is 217 g/mol. The third-order valence-electron chi connectivity index (χ3n) is 2.23. The molecule has 1 aromatic carbocycles. The van der Waals surface area contributed by atoms with E-state index in [9.17, 15) is 4.79 Å². The summed E-state index contributed by atoms with van der Waals surface area (Å²) < 4.78 is 0. The van der Waals surface area contributed by atoms with E-state index in [1.807, 2.05) is 38.1 Å². The molecule has 0 aliphatic rings. The van der Waals surface area contributed by atoms with Crippen molar-refractivity contribution in [3.63, 3.8) is 0 Å². The smallest absolute Gasteiger partial charge is 0.204 e. The second-order valence-corrected chi connectivity index (χ2v) is 4.32. The Morgan fingerprint density at radius 1 is 1.33 bits per heavy atom. The summed E-state index contributed by atoms with van der Waals surface area (Å²) in [5.41, 5.74) is 4.36. The fourth-order valence-electron chi connectivity index (χ4n) is 1.44. The zero-order valence-electron chi connectivity index (χ0n) is 8.65. The molecule has 2 nitrogen and oxygen atoms in total. The van der Waals surface area contributed by atoms with Crippen molar-refractivity contribution in [2.75, 3.05) is 0 Å². The van der Waals surface area contributed by atoms with Gasteiger partial charge in [0.25, 0.3) is 0 Å². The highest BCUT2D eigenvalue weighted by molar-refractivity contribution is 7.12. The Kier molecular flexibility index (Phi) is 2.64. The third-order valence-corrected chi connectivity index (χ3v) is 3.16. The summed E-state index contributed by atoms with van der Waals surface area (Å²) in [5.74, 6) is 0.0682. The standard InChI is InChI=1S/C12H11NOS/c1-8-4-3-5-10(6-8)11(14)12-9(2)13-7-15-12/h3-7H,1-2H3. The Morgan fingerprint density at radius 3 is 2.73 bits per heavy atom. The van der Waals surface area contributed by atoms with Gasteiger partial charge in [0, 0.05) is 5.56 Å². The van der Waals surface area contributed by atoms with Crippen LogP contribution in [0.2, 0.25) is 0 Å². The SMILES string of the molecule is Cc1cccc(C(=O)c2scnc2C)c1. The minimum atomic E-state index is 0.0682. The summed E-state index contributed by atoms with van der Waals surface area (Å²) in [7, 11) is 0. The molecule has 0 N–H and O–H groups in total. The maximum absolute atomic E-state index is 12.1. The second-order valence-electron chi connectivity index (χ2n) is 3.47. The van der Waals surface area contributed by atoms with E-state index in [4.69, 9.17) is 0 Å². The van der Waals surface area contributed by atoms with Gasteiger partial charge in [-0.2, -0.15) is 0 Å². The van der Waals surface area contributed by atoms with Crippen LogP contribution in [0.4, 0.5) is 0 Å². The largest absolute Gasteiger partial charge is 0.288 e. The number of aromatic nitrogens is 1. The summed E-state index contributed by atoms with van der Waals surface area (Å²) in [4.78, 5) is 16.9. The zero-order valence-corrected chi connectivity index (χ0v) is 9.47. The van der Waals surface area contributed by atoms with Gasteiger partial charge >= 0.3 is 0 Å². The molecule has 0 saturated heterocycles. The van der Waals surface area contributed by atoms with E-state index >= 15 is 0 Å². The van der Waals surface area contributed by atoms with Gasteiger partial charge in [-0.15, -0.1) is 11.3 Å². The van der Waals surface area contributed by atoms with Gasteiger partial charge in [-0.25, -0.2) is 4.98 Å². The zero-order chi connectivity index (χ0) is 10.8. The average Bonchev–Trinajstić information content (AvgIpc) is 2.63. The highest BCUT2D eigenvalue weighted by Crippen LogP contribution is 2.18. The number of nitrogens with zero attached hydrogens (tertiary/aromatic N) is 1. The van der Waals surface area contributed by atoms with Crippen LogP contribution in [-0.4, -0.2) is 10.8 Å². The van der Waals surface area contributed by atoms with Crippen LogP contribution < -0.4 is 0 Å². The van der Waals surface area contributed by atoms with E-state index in [-0.39, 0.29) is 5.78 Å². The summed E-state index contributed by atoms with van der Waals surface area (Å²) in [6.45, 7) is 3.84. The fraction of sp³-hybridized carbons (Fsp3) is 0.167. The molecule has 0 fully saturated rings. The van der Waals surface area contributed by atoms with Crippen molar-refractivity contribution in [2.45, 2.75) is 13.8 Å². The van der Waals surface area contributed by atoms with Crippen molar-refractivity contribution < 1.29 is 4.79 Å². The van der Waals surface area contributed by atoms with Gasteiger partial charge in [0.15, 0.2) is 0 Å². The molecule has 1 aromatic heterocycles. The highest BCUT2D eigenvalue weighted by atomic mass is 32.1. The maximum atomic E-state index is 12.1. The van der Waals surface area contributed by atoms with Crippen LogP contribution in [0.1, 0.15) is 26.5 Å². The molecule has 76 valence electrons. The first-order valence-electron chi connectivity index (χ1n) is 4.70. The quantitative estimate of drug-likeness (QED) is 0.724. The Labute approximate surface area is 92.6 Å². The normalized spacial score (nSPS) is 10.3. The molecule has 0 unspecified atom stereocenters. The molecular weight excluding hydrogens is 206 g/mol. The van der Waals surface area contributed by atoms with Crippen LogP contribution in [0, 0.1) is 13.8 Å². The molecule has 0 amide bonds. The van der Waals surface area contributed by atoms with Crippen molar-refractivity contribution in [3.05, 3.63) is 51.5 Å². The fourth-order valence-corrected chi connectivity index (χ4v) is 2.20. The van der Waals surface area contributed by atoms with Gasteiger partial charge < -0.3 is 0 Å². The number of hydrogen-bond donors (Lipinski definition) is 0. The molecule has 0 bridgehead atoms. The molecule has 0 spiro atoms. The predicted octanol–water partition coefficient (Wildman–Crippen LogP) is 2.99. The van der Waals surface area contributed by atoms with E-state index in [0.29, 0.717) is 0 Å². The van der Waals surface area contributed by atoms with Gasteiger partial charge in [0.05, 0.1) is 16.1 Å². The Morgan fingerprint density at radius 2 is 2.13 bits per heavy atom. The summed E-state index contributed by atoms with van der Waals surface area (Å²) >= 11 is 1.40. The van der Waals surface area contributed by atoms with Crippen LogP contribution in [0.3, 0.4) is 0 Å². The maximum Gasteiger partial charge on any atom is 0.204 e. The lowest BCUT2D eigenvalue weighted by Gasteiger charge is -2.00. The van der Waals surface area contributed by atoms with E-state index < -0.39 is 0 Å². The molecule has 0 aliphatic carbocycles. The van der Waals surface area contributed by atoms with E-state index in [2.05, 4.69) is 4.98 Å². The number of carbonyl (C=O) groups is 1. The molecule has 0 atom stereocenters. The Hall–Kier alpha value is -1.48. The van der Waals surface area contributed by atoms with Crippen molar-refractivity contribution >= 4 is 17.1 Å². The average molecular weight is 217 g/mol. The number of benzene rings is 1. The van der Waals surface area contributed by atoms with E-state index in [1.54, 1.807) is 5.51 Å². The summed E-state index contributed by atoms with van der Waals surface area (Å²) in [6, 6.07) is 7.63. The second kappa shape index (κ2) is 3.95. The lowest BCUT2D eigenvalue weighted by molar-refractivity contribution is 0.104. The number of aryl methyl sites for hydroxylation is 2. The molecule has 0 saturated carbocycles. The highest BCUT2D eigenvalue weighted by Gasteiger charge is 2.13. The first kappa shape index (κ1) is 10.1. The molecule has 0 aliphatic heterocycles. The van der Waals surface area contributed by atoms with Crippen LogP contribution in [0.5, 0.6) is 0 Å². The molecular formula is C12H11NOS. The van der Waals surface area contributed by atoms with Crippen LogP contribution >= 0.6 is 11.3 Å². The third kappa shape index (κ3) is 1.97. The lowest BCUT2D eigenvalue weighted by atomic mass is 10.1. The van der Waals surface area contributed by atoms with Gasteiger partial charge in [-0.3, -0.25) is 4.79 Å². The summed E-state index contributed by atoms with van der Waals surface area (Å²) in [5, 5.41) is 0. The van der Waals surface area contributed by atoms with Crippen LogP contribution in [0.25, 0.3) is 0 Å². The lowest BCUT2D eigenvalue weighted by Crippen LogP contribution is -2.00. The van der Waals surface area contributed by atoms with Crippen LogP contribution in [0.15, 0.2) is 29.8 Å². The van der Waals surface area contributed by atoms with Crippen LogP contribution in [-0.2, 0) is 0 Å².